The average molecular weight is 305 g/mol. The Labute approximate surface area is 128 Å². The number of rotatable bonds is 6. The Bertz CT molecular complexity index is 573. The highest BCUT2D eigenvalue weighted by Gasteiger charge is 2.07. The van der Waals surface area contributed by atoms with Crippen molar-refractivity contribution >= 4 is 23.2 Å². The molecule has 1 amide bonds. The Hall–Kier alpha value is -1.88. The van der Waals surface area contributed by atoms with Crippen LogP contribution in [0.4, 0.5) is 5.69 Å². The van der Waals surface area contributed by atoms with Gasteiger partial charge in [0.2, 0.25) is 5.91 Å². The fourth-order valence-corrected chi connectivity index (χ4v) is 1.98. The molecule has 1 atom stereocenters. The van der Waals surface area contributed by atoms with E-state index in [9.17, 15) is 9.90 Å². The van der Waals surface area contributed by atoms with E-state index in [0.717, 1.165) is 5.56 Å². The Morgan fingerprint density at radius 1 is 1.10 bits per heavy atom. The molecule has 0 aromatic heterocycles. The van der Waals surface area contributed by atoms with E-state index in [-0.39, 0.29) is 12.5 Å². The van der Waals surface area contributed by atoms with E-state index in [0.29, 0.717) is 17.3 Å². The lowest BCUT2D eigenvalue weighted by molar-refractivity contribution is -0.115. The molecular weight excluding hydrogens is 288 g/mol. The van der Waals surface area contributed by atoms with Gasteiger partial charge in [-0.05, 0) is 29.8 Å². The van der Waals surface area contributed by atoms with Gasteiger partial charge in [-0.25, -0.2) is 0 Å². The van der Waals surface area contributed by atoms with Gasteiger partial charge in [0.25, 0.3) is 0 Å². The van der Waals surface area contributed by atoms with Crippen molar-refractivity contribution in [1.82, 2.24) is 5.32 Å². The summed E-state index contributed by atoms with van der Waals surface area (Å²) in [4.78, 5) is 11.7. The standard InChI is InChI=1S/C16H17ClN2O2/c17-13-6-8-14(9-7-13)19-16(21)11-18-10-15(20)12-4-2-1-3-5-12/h1-9,15,18,20H,10-11H2,(H,19,21). The van der Waals surface area contributed by atoms with Crippen LogP contribution in [-0.2, 0) is 4.79 Å². The van der Waals surface area contributed by atoms with Gasteiger partial charge in [0.15, 0.2) is 0 Å². The van der Waals surface area contributed by atoms with Crippen LogP contribution >= 0.6 is 11.6 Å². The molecule has 2 aromatic carbocycles. The zero-order valence-electron chi connectivity index (χ0n) is 11.4. The van der Waals surface area contributed by atoms with Crippen molar-refractivity contribution in [2.45, 2.75) is 6.10 Å². The predicted molar refractivity (Wildman–Crippen MR) is 84.4 cm³/mol. The number of hydrogen-bond donors (Lipinski definition) is 3. The predicted octanol–water partition coefficient (Wildman–Crippen LogP) is 2.60. The number of carbonyl (C=O) groups excluding carboxylic acids is 1. The van der Waals surface area contributed by atoms with Gasteiger partial charge in [-0.15, -0.1) is 0 Å². The molecule has 0 saturated carbocycles. The van der Waals surface area contributed by atoms with Crippen LogP contribution in [0.15, 0.2) is 54.6 Å². The van der Waals surface area contributed by atoms with E-state index in [1.165, 1.54) is 0 Å². The third-order valence-corrected chi connectivity index (χ3v) is 3.19. The summed E-state index contributed by atoms with van der Waals surface area (Å²) in [6.07, 6.45) is -0.630. The van der Waals surface area contributed by atoms with E-state index < -0.39 is 6.10 Å². The summed E-state index contributed by atoms with van der Waals surface area (Å²) >= 11 is 5.77. The Morgan fingerprint density at radius 3 is 2.43 bits per heavy atom. The largest absolute Gasteiger partial charge is 0.387 e. The number of aliphatic hydroxyl groups excluding tert-OH is 1. The molecule has 5 heteroatoms. The monoisotopic (exact) mass is 304 g/mol. The normalized spacial score (nSPS) is 11.9. The summed E-state index contributed by atoms with van der Waals surface area (Å²) in [5.74, 6) is -0.169. The first-order valence-electron chi connectivity index (χ1n) is 6.64. The second kappa shape index (κ2) is 7.78. The van der Waals surface area contributed by atoms with Crippen LogP contribution in [0, 0.1) is 0 Å². The minimum atomic E-state index is -0.630. The molecule has 0 saturated heterocycles. The number of anilines is 1. The van der Waals surface area contributed by atoms with Crippen molar-refractivity contribution in [3.63, 3.8) is 0 Å². The number of benzene rings is 2. The summed E-state index contributed by atoms with van der Waals surface area (Å²) in [6, 6.07) is 16.2. The van der Waals surface area contributed by atoms with Crippen LogP contribution in [0.5, 0.6) is 0 Å². The third kappa shape index (κ3) is 5.19. The topological polar surface area (TPSA) is 61.4 Å². The van der Waals surface area contributed by atoms with Crippen LogP contribution in [0.1, 0.15) is 11.7 Å². The van der Waals surface area contributed by atoms with Crippen molar-refractivity contribution in [2.75, 3.05) is 18.4 Å². The highest BCUT2D eigenvalue weighted by molar-refractivity contribution is 6.30. The summed E-state index contributed by atoms with van der Waals surface area (Å²) in [5, 5.41) is 16.2. The van der Waals surface area contributed by atoms with Crippen LogP contribution in [0.3, 0.4) is 0 Å². The molecule has 110 valence electrons. The smallest absolute Gasteiger partial charge is 0.238 e. The fraction of sp³-hybridized carbons (Fsp3) is 0.188. The van der Waals surface area contributed by atoms with Crippen molar-refractivity contribution < 1.29 is 9.90 Å². The number of halogens is 1. The van der Waals surface area contributed by atoms with Crippen LogP contribution in [-0.4, -0.2) is 24.1 Å². The van der Waals surface area contributed by atoms with Gasteiger partial charge in [-0.1, -0.05) is 41.9 Å². The molecule has 0 bridgehead atoms. The number of carbonyl (C=O) groups is 1. The molecule has 1 unspecified atom stereocenters. The zero-order chi connectivity index (χ0) is 15.1. The van der Waals surface area contributed by atoms with Gasteiger partial charge in [0, 0.05) is 17.3 Å². The first-order valence-corrected chi connectivity index (χ1v) is 7.02. The van der Waals surface area contributed by atoms with E-state index in [1.54, 1.807) is 24.3 Å². The van der Waals surface area contributed by atoms with E-state index in [4.69, 9.17) is 11.6 Å². The first kappa shape index (κ1) is 15.5. The zero-order valence-corrected chi connectivity index (χ0v) is 12.2. The molecule has 0 spiro atoms. The number of nitrogens with one attached hydrogen (secondary N) is 2. The molecule has 0 fully saturated rings. The SMILES string of the molecule is O=C(CNCC(O)c1ccccc1)Nc1ccc(Cl)cc1. The summed E-state index contributed by atoms with van der Waals surface area (Å²) in [5.41, 5.74) is 1.51. The van der Waals surface area contributed by atoms with Crippen molar-refractivity contribution in [3.8, 4) is 0 Å². The molecule has 2 rings (SSSR count). The number of aliphatic hydroxyl groups is 1. The van der Waals surface area contributed by atoms with Gasteiger partial charge in [0.05, 0.1) is 12.6 Å². The molecule has 0 aliphatic heterocycles. The second-order valence-corrected chi connectivity index (χ2v) is 5.05. The number of amides is 1. The lowest BCUT2D eigenvalue weighted by Gasteiger charge is -2.12. The highest BCUT2D eigenvalue weighted by Crippen LogP contribution is 2.13. The first-order chi connectivity index (χ1) is 10.1. The quantitative estimate of drug-likeness (QED) is 0.769. The van der Waals surface area contributed by atoms with Gasteiger partial charge in [-0.2, -0.15) is 0 Å². The highest BCUT2D eigenvalue weighted by atomic mass is 35.5. The minimum Gasteiger partial charge on any atom is -0.387 e. The van der Waals surface area contributed by atoms with E-state index in [1.807, 2.05) is 30.3 Å². The van der Waals surface area contributed by atoms with Crippen molar-refractivity contribution in [2.24, 2.45) is 0 Å². The molecular formula is C16H17ClN2O2. The fourth-order valence-electron chi connectivity index (χ4n) is 1.85. The van der Waals surface area contributed by atoms with E-state index >= 15 is 0 Å². The van der Waals surface area contributed by atoms with Crippen LogP contribution in [0.25, 0.3) is 0 Å². The molecule has 0 aliphatic carbocycles. The van der Waals surface area contributed by atoms with E-state index in [2.05, 4.69) is 10.6 Å². The number of hydrogen-bond acceptors (Lipinski definition) is 3. The van der Waals surface area contributed by atoms with Crippen LogP contribution in [0.2, 0.25) is 5.02 Å². The van der Waals surface area contributed by atoms with Crippen molar-refractivity contribution in [1.29, 1.82) is 0 Å². The molecule has 4 nitrogen and oxygen atoms in total. The average Bonchev–Trinajstić information content (AvgIpc) is 2.50. The second-order valence-electron chi connectivity index (χ2n) is 4.61. The van der Waals surface area contributed by atoms with Crippen molar-refractivity contribution in [3.05, 3.63) is 65.2 Å². The molecule has 3 N–H and O–H groups in total. The third-order valence-electron chi connectivity index (χ3n) is 2.94. The Morgan fingerprint density at radius 2 is 1.76 bits per heavy atom. The van der Waals surface area contributed by atoms with Gasteiger partial charge in [0.1, 0.15) is 0 Å². The van der Waals surface area contributed by atoms with Gasteiger partial charge < -0.3 is 15.7 Å². The molecule has 0 heterocycles. The Balaban J connectivity index is 1.73. The lowest BCUT2D eigenvalue weighted by atomic mass is 10.1. The lowest BCUT2D eigenvalue weighted by Crippen LogP contribution is -2.31. The van der Waals surface area contributed by atoms with Crippen LogP contribution < -0.4 is 10.6 Å². The summed E-state index contributed by atoms with van der Waals surface area (Å²) < 4.78 is 0. The summed E-state index contributed by atoms with van der Waals surface area (Å²) in [6.45, 7) is 0.449. The molecule has 2 aromatic rings. The molecule has 21 heavy (non-hydrogen) atoms. The maximum atomic E-state index is 11.7. The maximum Gasteiger partial charge on any atom is 0.238 e. The van der Waals surface area contributed by atoms with Gasteiger partial charge >= 0.3 is 0 Å². The Kier molecular flexibility index (Phi) is 5.75. The molecule has 0 radical (unpaired) electrons. The summed E-state index contributed by atoms with van der Waals surface area (Å²) in [7, 11) is 0. The van der Waals surface area contributed by atoms with Gasteiger partial charge in [-0.3, -0.25) is 4.79 Å². The molecule has 0 aliphatic rings. The maximum absolute atomic E-state index is 11.7. The minimum absolute atomic E-state index is 0.131.